The molecule has 4 nitrogen and oxygen atoms in total. The summed E-state index contributed by atoms with van der Waals surface area (Å²) in [6.07, 6.45) is 1.44. The van der Waals surface area contributed by atoms with Gasteiger partial charge in [-0.1, -0.05) is 39.0 Å². The summed E-state index contributed by atoms with van der Waals surface area (Å²) in [5, 5.41) is 10.3. The molecule has 2 rings (SSSR count). The summed E-state index contributed by atoms with van der Waals surface area (Å²) in [6.45, 7) is 7.16. The zero-order valence-electron chi connectivity index (χ0n) is 12.3. The van der Waals surface area contributed by atoms with Crippen molar-refractivity contribution in [3.05, 3.63) is 36.0 Å². The van der Waals surface area contributed by atoms with Gasteiger partial charge in [-0.3, -0.25) is 4.98 Å². The lowest BCUT2D eigenvalue weighted by Gasteiger charge is -2.30. The van der Waals surface area contributed by atoms with E-state index in [1.165, 1.54) is 6.20 Å². The van der Waals surface area contributed by atoms with Gasteiger partial charge in [-0.25, -0.2) is 4.79 Å². The number of hydrogen-bond acceptors (Lipinski definition) is 3. The average molecular weight is 272 g/mol. The Morgan fingerprint density at radius 3 is 2.55 bits per heavy atom. The molecule has 1 aromatic heterocycles. The van der Waals surface area contributed by atoms with Gasteiger partial charge in [0.15, 0.2) is 0 Å². The van der Waals surface area contributed by atoms with Crippen LogP contribution in [0.1, 0.15) is 31.1 Å². The molecule has 0 bridgehead atoms. The maximum atomic E-state index is 11.5. The quantitative estimate of drug-likeness (QED) is 0.930. The van der Waals surface area contributed by atoms with E-state index in [2.05, 4.69) is 25.8 Å². The highest BCUT2D eigenvalue weighted by molar-refractivity contribution is 6.04. The van der Waals surface area contributed by atoms with Gasteiger partial charge < -0.3 is 10.0 Å². The molecule has 0 amide bonds. The third-order valence-electron chi connectivity index (χ3n) is 3.07. The van der Waals surface area contributed by atoms with Crippen molar-refractivity contribution >= 4 is 22.6 Å². The molecule has 0 saturated heterocycles. The van der Waals surface area contributed by atoms with E-state index in [0.717, 1.165) is 23.1 Å². The van der Waals surface area contributed by atoms with Crippen LogP contribution in [0.25, 0.3) is 10.9 Å². The number of fused-ring (bicyclic) bond motifs is 1. The lowest BCUT2D eigenvalue weighted by Crippen LogP contribution is -2.30. The van der Waals surface area contributed by atoms with Gasteiger partial charge in [0.25, 0.3) is 0 Å². The summed E-state index contributed by atoms with van der Waals surface area (Å²) in [5.41, 5.74) is 1.87. The minimum Gasteiger partial charge on any atom is -0.478 e. The van der Waals surface area contributed by atoms with Crippen LogP contribution in [0.3, 0.4) is 0 Å². The van der Waals surface area contributed by atoms with E-state index in [0.29, 0.717) is 0 Å². The molecule has 0 aliphatic heterocycles. The first-order chi connectivity index (χ1) is 9.29. The summed E-state index contributed by atoms with van der Waals surface area (Å²) in [6, 6.07) is 7.63. The number of aromatic carboxylic acids is 1. The molecule has 1 N–H and O–H groups in total. The van der Waals surface area contributed by atoms with Crippen molar-refractivity contribution in [2.75, 3.05) is 18.5 Å². The van der Waals surface area contributed by atoms with Gasteiger partial charge in [0.2, 0.25) is 0 Å². The lowest BCUT2D eigenvalue weighted by atomic mass is 9.95. The fourth-order valence-corrected chi connectivity index (χ4v) is 2.49. The second-order valence-electron chi connectivity index (χ2n) is 6.26. The Morgan fingerprint density at radius 2 is 1.95 bits per heavy atom. The number of carboxylic acid groups (broad SMARTS) is 1. The Kier molecular flexibility index (Phi) is 3.66. The molecule has 20 heavy (non-hydrogen) atoms. The van der Waals surface area contributed by atoms with Crippen molar-refractivity contribution in [3.63, 3.8) is 0 Å². The first-order valence-electron chi connectivity index (χ1n) is 6.62. The number of anilines is 1. The van der Waals surface area contributed by atoms with Gasteiger partial charge in [0, 0.05) is 25.2 Å². The van der Waals surface area contributed by atoms with Gasteiger partial charge in [-0.05, 0) is 11.5 Å². The maximum Gasteiger partial charge on any atom is 0.339 e. The molecule has 0 unspecified atom stereocenters. The summed E-state index contributed by atoms with van der Waals surface area (Å²) < 4.78 is 0. The van der Waals surface area contributed by atoms with Gasteiger partial charge in [0.05, 0.1) is 11.2 Å². The molecule has 4 heteroatoms. The smallest absolute Gasteiger partial charge is 0.339 e. The molecule has 0 saturated carbocycles. The maximum absolute atomic E-state index is 11.5. The molecule has 0 radical (unpaired) electrons. The third-order valence-corrected chi connectivity index (χ3v) is 3.07. The average Bonchev–Trinajstić information content (AvgIpc) is 2.35. The molecule has 2 aromatic rings. The normalized spacial score (nSPS) is 11.6. The molecule has 0 atom stereocenters. The summed E-state index contributed by atoms with van der Waals surface area (Å²) in [4.78, 5) is 17.7. The lowest BCUT2D eigenvalue weighted by molar-refractivity contribution is 0.0697. The Morgan fingerprint density at radius 1 is 1.30 bits per heavy atom. The van der Waals surface area contributed by atoms with Crippen LogP contribution in [0.2, 0.25) is 0 Å². The van der Waals surface area contributed by atoms with Crippen LogP contribution < -0.4 is 4.90 Å². The van der Waals surface area contributed by atoms with Crippen molar-refractivity contribution in [1.29, 1.82) is 0 Å². The van der Waals surface area contributed by atoms with E-state index in [-0.39, 0.29) is 11.0 Å². The molecule has 0 spiro atoms. The highest BCUT2D eigenvalue weighted by atomic mass is 16.4. The van der Waals surface area contributed by atoms with Gasteiger partial charge in [0.1, 0.15) is 5.56 Å². The van der Waals surface area contributed by atoms with Crippen molar-refractivity contribution in [3.8, 4) is 0 Å². The molecule has 106 valence electrons. The van der Waals surface area contributed by atoms with Gasteiger partial charge in [-0.15, -0.1) is 0 Å². The van der Waals surface area contributed by atoms with Crippen LogP contribution in [-0.2, 0) is 0 Å². The Hall–Kier alpha value is -2.10. The number of rotatable bonds is 3. The molecular weight excluding hydrogens is 252 g/mol. The number of aromatic nitrogens is 1. The van der Waals surface area contributed by atoms with E-state index in [1.807, 2.05) is 36.2 Å². The minimum atomic E-state index is -0.945. The summed E-state index contributed by atoms with van der Waals surface area (Å²) in [7, 11) is 1.93. The topological polar surface area (TPSA) is 53.4 Å². The number of para-hydroxylation sites is 1. The fourth-order valence-electron chi connectivity index (χ4n) is 2.49. The Labute approximate surface area is 119 Å². The SMILES string of the molecule is CN(CC(C)(C)C)c1c(C(=O)O)cnc2ccccc12. The fraction of sp³-hybridized carbons (Fsp3) is 0.375. The van der Waals surface area contributed by atoms with E-state index >= 15 is 0 Å². The predicted octanol–water partition coefficient (Wildman–Crippen LogP) is 3.42. The monoisotopic (exact) mass is 272 g/mol. The van der Waals surface area contributed by atoms with Crippen LogP contribution in [-0.4, -0.2) is 29.7 Å². The number of nitrogens with zero attached hydrogens (tertiary/aromatic N) is 2. The number of benzene rings is 1. The van der Waals surface area contributed by atoms with Crippen molar-refractivity contribution in [2.24, 2.45) is 5.41 Å². The first-order valence-corrected chi connectivity index (χ1v) is 6.62. The molecule has 1 aromatic carbocycles. The second-order valence-corrected chi connectivity index (χ2v) is 6.26. The highest BCUT2D eigenvalue weighted by Gasteiger charge is 2.21. The van der Waals surface area contributed by atoms with Gasteiger partial charge >= 0.3 is 5.97 Å². The second kappa shape index (κ2) is 5.12. The van der Waals surface area contributed by atoms with Crippen LogP contribution in [0, 0.1) is 5.41 Å². The van der Waals surface area contributed by atoms with Crippen LogP contribution >= 0.6 is 0 Å². The zero-order chi connectivity index (χ0) is 14.9. The number of carboxylic acids is 1. The Balaban J connectivity index is 2.63. The van der Waals surface area contributed by atoms with Crippen molar-refractivity contribution in [1.82, 2.24) is 4.98 Å². The number of pyridine rings is 1. The van der Waals surface area contributed by atoms with Crippen LogP contribution in [0.5, 0.6) is 0 Å². The predicted molar refractivity (Wildman–Crippen MR) is 81.4 cm³/mol. The molecule has 1 heterocycles. The summed E-state index contributed by atoms with van der Waals surface area (Å²) >= 11 is 0. The van der Waals surface area contributed by atoms with Gasteiger partial charge in [-0.2, -0.15) is 0 Å². The van der Waals surface area contributed by atoms with Crippen molar-refractivity contribution in [2.45, 2.75) is 20.8 Å². The van der Waals surface area contributed by atoms with E-state index in [9.17, 15) is 9.90 Å². The molecular formula is C16H20N2O2. The van der Waals surface area contributed by atoms with E-state index in [1.54, 1.807) is 0 Å². The zero-order valence-corrected chi connectivity index (χ0v) is 12.3. The molecule has 0 fully saturated rings. The third kappa shape index (κ3) is 2.90. The van der Waals surface area contributed by atoms with E-state index < -0.39 is 5.97 Å². The molecule has 0 aliphatic carbocycles. The number of carbonyl (C=O) groups is 1. The number of hydrogen-bond donors (Lipinski definition) is 1. The largest absolute Gasteiger partial charge is 0.478 e. The van der Waals surface area contributed by atoms with Crippen molar-refractivity contribution < 1.29 is 9.90 Å². The van der Waals surface area contributed by atoms with Crippen LogP contribution in [0.4, 0.5) is 5.69 Å². The summed E-state index contributed by atoms with van der Waals surface area (Å²) in [5.74, 6) is -0.945. The van der Waals surface area contributed by atoms with Crippen LogP contribution in [0.15, 0.2) is 30.5 Å². The minimum absolute atomic E-state index is 0.0783. The Bertz CT molecular complexity index is 644. The standard InChI is InChI=1S/C16H20N2O2/c1-16(2,3)10-18(4)14-11-7-5-6-8-13(11)17-9-12(14)15(19)20/h5-9H,10H2,1-4H3,(H,19,20). The first kappa shape index (κ1) is 14.3. The highest BCUT2D eigenvalue weighted by Crippen LogP contribution is 2.30. The van der Waals surface area contributed by atoms with E-state index in [4.69, 9.17) is 0 Å². The molecule has 0 aliphatic rings.